The first-order valence-electron chi connectivity index (χ1n) is 13.2. The molecule has 6 rings (SSSR count). The van der Waals surface area contributed by atoms with Gasteiger partial charge in [0.05, 0.1) is 24.4 Å². The fourth-order valence-electron chi connectivity index (χ4n) is 5.59. The number of carbonyl (C=O) groups is 1. The lowest BCUT2D eigenvalue weighted by Crippen LogP contribution is -2.50. The molecular weight excluding hydrogens is 471 g/mol. The highest BCUT2D eigenvalue weighted by atomic mass is 19.1. The number of halogens is 1. The van der Waals surface area contributed by atoms with Crippen molar-refractivity contribution in [3.8, 4) is 22.6 Å². The maximum absolute atomic E-state index is 13.6. The summed E-state index contributed by atoms with van der Waals surface area (Å²) < 4.78 is 16.3. The van der Waals surface area contributed by atoms with Crippen LogP contribution in [-0.2, 0) is 6.54 Å². The number of nitrogens with zero attached hydrogens (tertiary/aromatic N) is 5. The molecule has 1 saturated carbocycles. The molecule has 1 aliphatic carbocycles. The predicted molar refractivity (Wildman–Crippen MR) is 139 cm³/mol. The van der Waals surface area contributed by atoms with Crippen LogP contribution in [0.5, 0.6) is 0 Å². The fourth-order valence-corrected chi connectivity index (χ4v) is 5.59. The van der Waals surface area contributed by atoms with E-state index in [1.165, 1.54) is 48.2 Å². The Morgan fingerprint density at radius 1 is 1.11 bits per heavy atom. The van der Waals surface area contributed by atoms with Gasteiger partial charge in [-0.3, -0.25) is 19.1 Å². The van der Waals surface area contributed by atoms with Crippen LogP contribution in [0.3, 0.4) is 0 Å². The number of alkyl halides is 1. The number of nitrogens with one attached hydrogen (secondary N) is 1. The van der Waals surface area contributed by atoms with E-state index in [4.69, 9.17) is 4.98 Å². The second-order valence-electron chi connectivity index (χ2n) is 10.3. The minimum Gasteiger partial charge on any atom is -0.338 e. The minimum atomic E-state index is -0.454. The van der Waals surface area contributed by atoms with Gasteiger partial charge in [-0.1, -0.05) is 43.5 Å². The van der Waals surface area contributed by atoms with Gasteiger partial charge in [-0.05, 0) is 31.2 Å². The second-order valence-corrected chi connectivity index (χ2v) is 10.3. The summed E-state index contributed by atoms with van der Waals surface area (Å²) in [5.74, 6) is 0.167. The van der Waals surface area contributed by atoms with E-state index in [-0.39, 0.29) is 28.6 Å². The summed E-state index contributed by atoms with van der Waals surface area (Å²) in [4.78, 5) is 37.7. The van der Waals surface area contributed by atoms with Gasteiger partial charge in [-0.15, -0.1) is 0 Å². The smallest absolute Gasteiger partial charge is 0.273 e. The number of carbonyl (C=O) groups excluding carboxylic acids is 1. The van der Waals surface area contributed by atoms with E-state index in [2.05, 4.69) is 22.2 Å². The van der Waals surface area contributed by atoms with Crippen LogP contribution in [0, 0.1) is 5.92 Å². The lowest BCUT2D eigenvalue weighted by molar-refractivity contribution is 0.0455. The lowest BCUT2D eigenvalue weighted by Gasteiger charge is -2.37. The SMILES string of the molecule is CCn1cnc(-c2[nH]n3c(=O)cc(-c4ccc(C5CCCCC5)cc4)nc3c2C(=O)N2CC(CF)C2)c1. The van der Waals surface area contributed by atoms with Crippen molar-refractivity contribution in [2.45, 2.75) is 51.5 Å². The number of amides is 1. The molecule has 1 aromatic carbocycles. The van der Waals surface area contributed by atoms with Crippen molar-refractivity contribution in [1.82, 2.24) is 29.0 Å². The Balaban J connectivity index is 1.43. The monoisotopic (exact) mass is 502 g/mol. The summed E-state index contributed by atoms with van der Waals surface area (Å²) in [5.41, 5.74) is 3.90. The molecule has 0 unspecified atom stereocenters. The van der Waals surface area contributed by atoms with Crippen molar-refractivity contribution in [3.05, 3.63) is 64.3 Å². The normalized spacial score (nSPS) is 16.9. The zero-order chi connectivity index (χ0) is 25.5. The number of fused-ring (bicyclic) bond motifs is 1. The summed E-state index contributed by atoms with van der Waals surface area (Å²) >= 11 is 0. The Morgan fingerprint density at radius 3 is 2.54 bits per heavy atom. The molecule has 4 heterocycles. The van der Waals surface area contributed by atoms with E-state index in [0.717, 1.165) is 12.1 Å². The highest BCUT2D eigenvalue weighted by molar-refractivity contribution is 6.05. The third kappa shape index (κ3) is 4.26. The summed E-state index contributed by atoms with van der Waals surface area (Å²) in [6.07, 6.45) is 9.81. The van der Waals surface area contributed by atoms with Crippen LogP contribution in [0.25, 0.3) is 28.3 Å². The van der Waals surface area contributed by atoms with E-state index < -0.39 is 6.67 Å². The Hall–Kier alpha value is -3.75. The van der Waals surface area contributed by atoms with Crippen molar-refractivity contribution < 1.29 is 9.18 Å². The average Bonchev–Trinajstić information content (AvgIpc) is 3.54. The number of aromatic nitrogens is 5. The van der Waals surface area contributed by atoms with E-state index in [0.29, 0.717) is 36.1 Å². The second kappa shape index (κ2) is 9.61. The number of benzene rings is 1. The van der Waals surface area contributed by atoms with Crippen LogP contribution in [0.2, 0.25) is 0 Å². The molecule has 0 atom stereocenters. The lowest BCUT2D eigenvalue weighted by atomic mass is 9.84. The molecule has 1 amide bonds. The van der Waals surface area contributed by atoms with Crippen LogP contribution >= 0.6 is 0 Å². The summed E-state index contributed by atoms with van der Waals surface area (Å²) in [6, 6.07) is 9.80. The van der Waals surface area contributed by atoms with Gasteiger partial charge < -0.3 is 9.47 Å². The topological polar surface area (TPSA) is 88.3 Å². The Bertz CT molecular complexity index is 1490. The molecule has 4 aromatic rings. The van der Waals surface area contributed by atoms with Gasteiger partial charge in [0, 0.05) is 43.4 Å². The maximum Gasteiger partial charge on any atom is 0.273 e. The first-order valence-corrected chi connectivity index (χ1v) is 13.2. The summed E-state index contributed by atoms with van der Waals surface area (Å²) in [6.45, 7) is 2.96. The predicted octanol–water partition coefficient (Wildman–Crippen LogP) is 4.66. The van der Waals surface area contributed by atoms with E-state index >= 15 is 0 Å². The van der Waals surface area contributed by atoms with Gasteiger partial charge >= 0.3 is 0 Å². The van der Waals surface area contributed by atoms with Gasteiger partial charge in [0.15, 0.2) is 5.65 Å². The molecule has 0 radical (unpaired) electrons. The van der Waals surface area contributed by atoms with E-state index in [9.17, 15) is 14.0 Å². The summed E-state index contributed by atoms with van der Waals surface area (Å²) in [7, 11) is 0. The van der Waals surface area contributed by atoms with Gasteiger partial charge in [-0.25, -0.2) is 14.5 Å². The molecule has 9 heteroatoms. The average molecular weight is 503 g/mol. The number of imidazole rings is 1. The highest BCUT2D eigenvalue weighted by Crippen LogP contribution is 2.34. The Labute approximate surface area is 214 Å². The largest absolute Gasteiger partial charge is 0.338 e. The number of hydrogen-bond donors (Lipinski definition) is 1. The van der Waals surface area contributed by atoms with Crippen LogP contribution in [-0.4, -0.2) is 54.7 Å². The van der Waals surface area contributed by atoms with Crippen LogP contribution in [0.1, 0.15) is 60.9 Å². The Kier molecular flexibility index (Phi) is 6.14. The number of rotatable bonds is 6. The summed E-state index contributed by atoms with van der Waals surface area (Å²) in [5, 5.41) is 3.07. The molecule has 2 aliphatic rings. The number of aryl methyl sites for hydroxylation is 1. The third-order valence-electron chi connectivity index (χ3n) is 7.83. The van der Waals surface area contributed by atoms with Gasteiger partial charge in [0.1, 0.15) is 11.3 Å². The highest BCUT2D eigenvalue weighted by Gasteiger charge is 2.35. The zero-order valence-corrected chi connectivity index (χ0v) is 21.0. The molecule has 1 saturated heterocycles. The van der Waals surface area contributed by atoms with Gasteiger partial charge in [0.25, 0.3) is 11.5 Å². The van der Waals surface area contributed by atoms with Crippen LogP contribution in [0.4, 0.5) is 4.39 Å². The molecule has 0 bridgehead atoms. The van der Waals surface area contributed by atoms with Crippen molar-refractivity contribution in [3.63, 3.8) is 0 Å². The van der Waals surface area contributed by atoms with Crippen molar-refractivity contribution in [2.75, 3.05) is 19.8 Å². The molecule has 2 fully saturated rings. The number of H-pyrrole nitrogens is 1. The fraction of sp³-hybridized carbons (Fsp3) is 0.429. The molecule has 37 heavy (non-hydrogen) atoms. The Morgan fingerprint density at radius 2 is 1.86 bits per heavy atom. The first-order chi connectivity index (χ1) is 18.1. The molecule has 1 aliphatic heterocycles. The number of aromatic amines is 1. The molecule has 1 N–H and O–H groups in total. The third-order valence-corrected chi connectivity index (χ3v) is 7.83. The maximum atomic E-state index is 13.6. The van der Waals surface area contributed by atoms with Crippen molar-refractivity contribution in [1.29, 1.82) is 0 Å². The number of hydrogen-bond acceptors (Lipinski definition) is 4. The molecule has 192 valence electrons. The van der Waals surface area contributed by atoms with Crippen molar-refractivity contribution >= 4 is 11.6 Å². The van der Waals surface area contributed by atoms with Gasteiger partial charge in [-0.2, -0.15) is 0 Å². The van der Waals surface area contributed by atoms with Crippen LogP contribution in [0.15, 0.2) is 47.7 Å². The van der Waals surface area contributed by atoms with Crippen molar-refractivity contribution in [2.24, 2.45) is 5.92 Å². The van der Waals surface area contributed by atoms with Crippen LogP contribution < -0.4 is 5.56 Å². The van der Waals surface area contributed by atoms with Gasteiger partial charge in [0.2, 0.25) is 0 Å². The molecular formula is C28H31FN6O2. The quantitative estimate of drug-likeness (QED) is 0.415. The van der Waals surface area contributed by atoms with E-state index in [1.807, 2.05) is 29.8 Å². The molecule has 3 aromatic heterocycles. The molecule has 8 nitrogen and oxygen atoms in total. The molecule has 0 spiro atoms. The minimum absolute atomic E-state index is 0.147. The standard InChI is InChI=1S/C28H31FN6O2/c1-2-33-16-23(30-17-33)26-25(28(37)34-14-18(13-29)15-34)27-31-22(12-24(36)35(27)32-26)21-10-8-20(9-11-21)19-6-4-3-5-7-19/h8-12,16-19,32H,2-7,13-15H2,1H3. The zero-order valence-electron chi connectivity index (χ0n) is 21.0. The first kappa shape index (κ1) is 23.6. The number of likely N-dealkylation sites (tertiary alicyclic amines) is 1. The van der Waals surface area contributed by atoms with E-state index in [1.54, 1.807) is 11.2 Å².